The molecule has 4 nitrogen and oxygen atoms in total. The number of nitrogens with zero attached hydrogens (tertiary/aromatic N) is 2. The van der Waals surface area contributed by atoms with Crippen molar-refractivity contribution < 1.29 is 9.47 Å². The zero-order valence-corrected chi connectivity index (χ0v) is 11.7. The van der Waals surface area contributed by atoms with Crippen molar-refractivity contribution in [2.75, 3.05) is 13.7 Å². The average molecular weight is 273 g/mol. The molecule has 0 saturated heterocycles. The Balaban J connectivity index is 1.88. The summed E-state index contributed by atoms with van der Waals surface area (Å²) in [5.74, 6) is 0.723. The SMILES string of the molecule is COCCCn1ncc(OC2CCCCC2)c1Cl. The van der Waals surface area contributed by atoms with Gasteiger partial charge in [-0.1, -0.05) is 18.0 Å². The molecule has 5 heteroatoms. The van der Waals surface area contributed by atoms with Crippen LogP contribution in [-0.2, 0) is 11.3 Å². The first kappa shape index (κ1) is 13.7. The van der Waals surface area contributed by atoms with Gasteiger partial charge in [-0.05, 0) is 32.1 Å². The summed E-state index contributed by atoms with van der Waals surface area (Å²) < 4.78 is 12.7. The molecule has 1 aromatic heterocycles. The van der Waals surface area contributed by atoms with Gasteiger partial charge < -0.3 is 9.47 Å². The van der Waals surface area contributed by atoms with Gasteiger partial charge in [0.15, 0.2) is 10.9 Å². The zero-order chi connectivity index (χ0) is 12.8. The van der Waals surface area contributed by atoms with Crippen LogP contribution in [0.25, 0.3) is 0 Å². The van der Waals surface area contributed by atoms with Crippen molar-refractivity contribution in [3.8, 4) is 5.75 Å². The molecule has 1 aliphatic carbocycles. The van der Waals surface area contributed by atoms with Gasteiger partial charge in [-0.25, -0.2) is 0 Å². The van der Waals surface area contributed by atoms with Crippen molar-refractivity contribution in [1.29, 1.82) is 0 Å². The third-order valence-electron chi connectivity index (χ3n) is 3.31. The second-order valence-electron chi connectivity index (χ2n) is 4.75. The van der Waals surface area contributed by atoms with E-state index >= 15 is 0 Å². The zero-order valence-electron chi connectivity index (χ0n) is 10.9. The maximum atomic E-state index is 6.26. The Morgan fingerprint density at radius 1 is 1.39 bits per heavy atom. The monoisotopic (exact) mass is 272 g/mol. The first-order valence-corrected chi connectivity index (χ1v) is 7.06. The van der Waals surface area contributed by atoms with Crippen LogP contribution in [0.2, 0.25) is 5.15 Å². The first-order valence-electron chi connectivity index (χ1n) is 6.68. The summed E-state index contributed by atoms with van der Waals surface area (Å²) in [5, 5.41) is 4.87. The number of aromatic nitrogens is 2. The highest BCUT2D eigenvalue weighted by Gasteiger charge is 2.18. The quantitative estimate of drug-likeness (QED) is 0.746. The predicted molar refractivity (Wildman–Crippen MR) is 71.2 cm³/mol. The van der Waals surface area contributed by atoms with Crippen LogP contribution in [0, 0.1) is 0 Å². The van der Waals surface area contributed by atoms with Crippen molar-refractivity contribution >= 4 is 11.6 Å². The van der Waals surface area contributed by atoms with Gasteiger partial charge in [-0.2, -0.15) is 5.10 Å². The Labute approximate surface area is 113 Å². The molecule has 0 spiro atoms. The van der Waals surface area contributed by atoms with E-state index in [-0.39, 0.29) is 0 Å². The molecule has 18 heavy (non-hydrogen) atoms. The van der Waals surface area contributed by atoms with Crippen LogP contribution >= 0.6 is 11.6 Å². The highest BCUT2D eigenvalue weighted by Crippen LogP contribution is 2.28. The lowest BCUT2D eigenvalue weighted by Crippen LogP contribution is -2.19. The van der Waals surface area contributed by atoms with E-state index in [1.165, 1.54) is 19.3 Å². The summed E-state index contributed by atoms with van der Waals surface area (Å²) in [5.41, 5.74) is 0. The smallest absolute Gasteiger partial charge is 0.176 e. The molecule has 0 radical (unpaired) electrons. The fourth-order valence-corrected chi connectivity index (χ4v) is 2.53. The lowest BCUT2D eigenvalue weighted by atomic mass is 9.98. The molecule has 1 aliphatic rings. The Bertz CT molecular complexity index is 362. The van der Waals surface area contributed by atoms with Crippen molar-refractivity contribution in [1.82, 2.24) is 9.78 Å². The van der Waals surface area contributed by atoms with Gasteiger partial charge in [0.1, 0.15) is 0 Å². The van der Waals surface area contributed by atoms with Gasteiger partial charge in [0.2, 0.25) is 0 Å². The lowest BCUT2D eigenvalue weighted by molar-refractivity contribution is 0.155. The number of hydrogen-bond donors (Lipinski definition) is 0. The van der Waals surface area contributed by atoms with Gasteiger partial charge in [0.05, 0.1) is 12.3 Å². The predicted octanol–water partition coefficient (Wildman–Crippen LogP) is 3.28. The molecular formula is C13H21ClN2O2. The standard InChI is InChI=1S/C13H21ClN2O2/c1-17-9-5-8-16-13(14)12(10-15-16)18-11-6-3-2-4-7-11/h10-11H,2-9H2,1H3. The summed E-state index contributed by atoms with van der Waals surface area (Å²) in [6, 6.07) is 0. The Kier molecular flexibility index (Phi) is 5.32. The Morgan fingerprint density at radius 3 is 2.89 bits per heavy atom. The van der Waals surface area contributed by atoms with E-state index in [1.807, 2.05) is 0 Å². The average Bonchev–Trinajstić information content (AvgIpc) is 2.73. The van der Waals surface area contributed by atoms with E-state index in [0.717, 1.165) is 38.2 Å². The van der Waals surface area contributed by atoms with Crippen molar-refractivity contribution in [3.05, 3.63) is 11.3 Å². The maximum absolute atomic E-state index is 6.26. The largest absolute Gasteiger partial charge is 0.486 e. The van der Waals surface area contributed by atoms with E-state index in [1.54, 1.807) is 18.0 Å². The summed E-state index contributed by atoms with van der Waals surface area (Å²) in [6.07, 6.45) is 9.03. The molecular weight excluding hydrogens is 252 g/mol. The topological polar surface area (TPSA) is 36.3 Å². The van der Waals surface area contributed by atoms with Crippen LogP contribution in [0.1, 0.15) is 38.5 Å². The van der Waals surface area contributed by atoms with Crippen LogP contribution in [0.5, 0.6) is 5.75 Å². The number of ether oxygens (including phenoxy) is 2. The molecule has 0 bridgehead atoms. The summed E-state index contributed by atoms with van der Waals surface area (Å²) >= 11 is 6.26. The van der Waals surface area contributed by atoms with Crippen molar-refractivity contribution in [3.63, 3.8) is 0 Å². The fraction of sp³-hybridized carbons (Fsp3) is 0.769. The highest BCUT2D eigenvalue weighted by molar-refractivity contribution is 6.31. The van der Waals surface area contributed by atoms with Crippen LogP contribution in [0.4, 0.5) is 0 Å². The van der Waals surface area contributed by atoms with Crippen LogP contribution in [0.15, 0.2) is 6.20 Å². The molecule has 0 amide bonds. The third kappa shape index (κ3) is 3.62. The molecule has 102 valence electrons. The van der Waals surface area contributed by atoms with Crippen LogP contribution in [0.3, 0.4) is 0 Å². The van der Waals surface area contributed by atoms with Crippen LogP contribution in [-0.4, -0.2) is 29.6 Å². The van der Waals surface area contributed by atoms with Gasteiger partial charge >= 0.3 is 0 Å². The second kappa shape index (κ2) is 7.00. The lowest BCUT2D eigenvalue weighted by Gasteiger charge is -2.22. The molecule has 1 heterocycles. The second-order valence-corrected chi connectivity index (χ2v) is 5.11. The van der Waals surface area contributed by atoms with Gasteiger partial charge in [0, 0.05) is 20.3 Å². The number of rotatable bonds is 6. The Morgan fingerprint density at radius 2 is 2.17 bits per heavy atom. The van der Waals surface area contributed by atoms with Gasteiger partial charge in [-0.3, -0.25) is 4.68 Å². The minimum absolute atomic E-state index is 0.313. The molecule has 0 atom stereocenters. The summed E-state index contributed by atoms with van der Waals surface area (Å²) in [7, 11) is 1.70. The maximum Gasteiger partial charge on any atom is 0.176 e. The number of methoxy groups -OCH3 is 1. The Hall–Kier alpha value is -0.740. The van der Waals surface area contributed by atoms with Crippen molar-refractivity contribution in [2.24, 2.45) is 0 Å². The van der Waals surface area contributed by atoms with Crippen LogP contribution < -0.4 is 4.74 Å². The summed E-state index contributed by atoms with van der Waals surface area (Å²) in [6.45, 7) is 1.48. The molecule has 1 saturated carbocycles. The molecule has 0 aliphatic heterocycles. The van der Waals surface area contributed by atoms with Gasteiger partial charge in [0.25, 0.3) is 0 Å². The molecule has 2 rings (SSSR count). The minimum Gasteiger partial charge on any atom is -0.486 e. The first-order chi connectivity index (χ1) is 8.81. The van der Waals surface area contributed by atoms with Crippen molar-refractivity contribution in [2.45, 2.75) is 51.2 Å². The number of aryl methyl sites for hydroxylation is 1. The van der Waals surface area contributed by atoms with E-state index < -0.39 is 0 Å². The fourth-order valence-electron chi connectivity index (χ4n) is 2.31. The highest BCUT2D eigenvalue weighted by atomic mass is 35.5. The third-order valence-corrected chi connectivity index (χ3v) is 3.69. The van der Waals surface area contributed by atoms with E-state index in [0.29, 0.717) is 11.3 Å². The van der Waals surface area contributed by atoms with E-state index in [2.05, 4.69) is 5.10 Å². The number of hydrogen-bond acceptors (Lipinski definition) is 3. The molecule has 0 unspecified atom stereocenters. The van der Waals surface area contributed by atoms with Gasteiger partial charge in [-0.15, -0.1) is 0 Å². The van der Waals surface area contributed by atoms with E-state index in [4.69, 9.17) is 21.1 Å². The summed E-state index contributed by atoms with van der Waals surface area (Å²) in [4.78, 5) is 0. The number of halogens is 1. The molecule has 1 fully saturated rings. The molecule has 0 aromatic carbocycles. The minimum atomic E-state index is 0.313. The molecule has 1 aromatic rings. The van der Waals surface area contributed by atoms with E-state index in [9.17, 15) is 0 Å². The molecule has 0 N–H and O–H groups in total. The normalized spacial score (nSPS) is 17.0.